The van der Waals surface area contributed by atoms with Crippen LogP contribution in [0.25, 0.3) is 0 Å². The minimum atomic E-state index is -0.993. The van der Waals surface area contributed by atoms with Gasteiger partial charge in [-0.2, -0.15) is 0 Å². The first-order chi connectivity index (χ1) is 12.6. The Labute approximate surface area is 151 Å². The number of carboxylic acid groups (broad SMARTS) is 1. The van der Waals surface area contributed by atoms with Gasteiger partial charge in [0, 0.05) is 26.2 Å². The van der Waals surface area contributed by atoms with Gasteiger partial charge in [0.1, 0.15) is 16.9 Å². The molecule has 4 rings (SSSR count). The first-order valence-electron chi connectivity index (χ1n) is 8.62. The van der Waals surface area contributed by atoms with Gasteiger partial charge in [0.05, 0.1) is 5.92 Å². The number of hydrogen-bond acceptors (Lipinski definition) is 4. The molecule has 0 saturated carbocycles. The van der Waals surface area contributed by atoms with Crippen molar-refractivity contribution in [3.8, 4) is 11.5 Å². The van der Waals surface area contributed by atoms with Gasteiger partial charge in [0.25, 0.3) is 0 Å². The van der Waals surface area contributed by atoms with Crippen molar-refractivity contribution in [1.82, 2.24) is 10.2 Å². The van der Waals surface area contributed by atoms with E-state index < -0.39 is 17.3 Å². The molecule has 0 bridgehead atoms. The molecule has 0 radical (unpaired) electrons. The molecule has 2 N–H and O–H groups in total. The molecule has 2 saturated heterocycles. The third kappa shape index (κ3) is 2.93. The number of rotatable bonds is 5. The molecule has 0 aliphatic carbocycles. The first-order valence-corrected chi connectivity index (χ1v) is 8.62. The number of benzene rings is 2. The summed E-state index contributed by atoms with van der Waals surface area (Å²) >= 11 is 0. The van der Waals surface area contributed by atoms with Crippen molar-refractivity contribution in [2.45, 2.75) is 6.54 Å². The van der Waals surface area contributed by atoms with Crippen LogP contribution < -0.4 is 10.1 Å². The molecule has 0 spiro atoms. The van der Waals surface area contributed by atoms with Crippen molar-refractivity contribution in [2.24, 2.45) is 11.3 Å². The van der Waals surface area contributed by atoms with Crippen LogP contribution in [0.1, 0.15) is 5.56 Å². The SMILES string of the molecule is O=C1NC[C@@]2(C(=O)O)CN(Cc3ccc(Oc4ccccc4)cc3)C[C@@H]12. The van der Waals surface area contributed by atoms with Crippen LogP contribution >= 0.6 is 0 Å². The van der Waals surface area contributed by atoms with E-state index in [4.69, 9.17) is 4.74 Å². The van der Waals surface area contributed by atoms with E-state index in [2.05, 4.69) is 5.32 Å². The quantitative estimate of drug-likeness (QED) is 0.862. The standard InChI is InChI=1S/C20H20N2O4/c23-18-17-11-22(13-20(17,12-21-18)19(24)25)10-14-6-8-16(9-7-14)26-15-4-2-1-3-5-15/h1-9,17H,10-13H2,(H,21,23)(H,24,25)/t17-,20+/m0/s1. The fourth-order valence-electron chi connectivity index (χ4n) is 3.85. The Morgan fingerprint density at radius 3 is 2.50 bits per heavy atom. The highest BCUT2D eigenvalue weighted by Gasteiger charge is 2.59. The van der Waals surface area contributed by atoms with Gasteiger partial charge in [-0.1, -0.05) is 30.3 Å². The molecule has 2 aromatic carbocycles. The van der Waals surface area contributed by atoms with Crippen molar-refractivity contribution in [3.63, 3.8) is 0 Å². The molecule has 2 aliphatic heterocycles. The summed E-state index contributed by atoms with van der Waals surface area (Å²) in [6.07, 6.45) is 0. The number of ether oxygens (including phenoxy) is 1. The third-order valence-electron chi connectivity index (χ3n) is 5.24. The largest absolute Gasteiger partial charge is 0.481 e. The molecule has 2 fully saturated rings. The van der Waals surface area contributed by atoms with Gasteiger partial charge < -0.3 is 15.2 Å². The smallest absolute Gasteiger partial charge is 0.313 e. The minimum Gasteiger partial charge on any atom is -0.481 e. The maximum Gasteiger partial charge on any atom is 0.313 e. The molecule has 6 heteroatoms. The van der Waals surface area contributed by atoms with Gasteiger partial charge >= 0.3 is 5.97 Å². The van der Waals surface area contributed by atoms with E-state index in [-0.39, 0.29) is 12.5 Å². The molecule has 2 atom stereocenters. The summed E-state index contributed by atoms with van der Waals surface area (Å²) in [6, 6.07) is 17.3. The van der Waals surface area contributed by atoms with Crippen LogP contribution in [0, 0.1) is 11.3 Å². The molecule has 0 unspecified atom stereocenters. The summed E-state index contributed by atoms with van der Waals surface area (Å²) in [6.45, 7) is 1.69. The van der Waals surface area contributed by atoms with E-state index >= 15 is 0 Å². The van der Waals surface area contributed by atoms with Crippen LogP contribution in [0.15, 0.2) is 54.6 Å². The number of para-hydroxylation sites is 1. The van der Waals surface area contributed by atoms with E-state index in [1.807, 2.05) is 59.5 Å². The summed E-state index contributed by atoms with van der Waals surface area (Å²) in [4.78, 5) is 25.7. The third-order valence-corrected chi connectivity index (χ3v) is 5.24. The Morgan fingerprint density at radius 1 is 1.15 bits per heavy atom. The van der Waals surface area contributed by atoms with Crippen LogP contribution in [0.5, 0.6) is 11.5 Å². The maximum atomic E-state index is 12.0. The summed E-state index contributed by atoms with van der Waals surface area (Å²) in [7, 11) is 0. The van der Waals surface area contributed by atoms with E-state index in [1.54, 1.807) is 0 Å². The molecule has 6 nitrogen and oxygen atoms in total. The number of fused-ring (bicyclic) bond motifs is 1. The number of aliphatic carboxylic acids is 1. The number of likely N-dealkylation sites (tertiary alicyclic amines) is 1. The van der Waals surface area contributed by atoms with Gasteiger partial charge in [0.2, 0.25) is 5.91 Å². The lowest BCUT2D eigenvalue weighted by atomic mass is 9.81. The lowest BCUT2D eigenvalue weighted by Crippen LogP contribution is -2.40. The normalized spacial score (nSPS) is 24.9. The summed E-state index contributed by atoms with van der Waals surface area (Å²) in [5.74, 6) is 0.0128. The van der Waals surface area contributed by atoms with Crippen molar-refractivity contribution in [3.05, 3.63) is 60.2 Å². The van der Waals surface area contributed by atoms with Crippen LogP contribution in [-0.2, 0) is 16.1 Å². The van der Waals surface area contributed by atoms with Gasteiger partial charge in [-0.3, -0.25) is 14.5 Å². The monoisotopic (exact) mass is 352 g/mol. The second-order valence-corrected chi connectivity index (χ2v) is 6.96. The summed E-state index contributed by atoms with van der Waals surface area (Å²) < 4.78 is 5.78. The van der Waals surface area contributed by atoms with Crippen LogP contribution in [0.4, 0.5) is 0 Å². The molecule has 1 amide bonds. The molecule has 134 valence electrons. The number of carbonyl (C=O) groups excluding carboxylic acids is 1. The number of hydrogen-bond donors (Lipinski definition) is 2. The highest BCUT2D eigenvalue weighted by molar-refractivity contribution is 5.92. The number of carbonyl (C=O) groups is 2. The Bertz CT molecular complexity index is 821. The lowest BCUT2D eigenvalue weighted by molar-refractivity contribution is -0.149. The van der Waals surface area contributed by atoms with E-state index in [1.165, 1.54) is 0 Å². The van der Waals surface area contributed by atoms with Crippen molar-refractivity contribution in [1.29, 1.82) is 0 Å². The van der Waals surface area contributed by atoms with Crippen molar-refractivity contribution < 1.29 is 19.4 Å². The second-order valence-electron chi connectivity index (χ2n) is 6.96. The average Bonchev–Trinajstić information content (AvgIpc) is 3.16. The first kappa shape index (κ1) is 16.6. The second kappa shape index (κ2) is 6.46. The zero-order valence-corrected chi connectivity index (χ0v) is 14.2. The Kier molecular flexibility index (Phi) is 4.12. The van der Waals surface area contributed by atoms with Gasteiger partial charge in [0.15, 0.2) is 0 Å². The van der Waals surface area contributed by atoms with E-state index in [9.17, 15) is 14.7 Å². The van der Waals surface area contributed by atoms with Crippen LogP contribution in [-0.4, -0.2) is 41.5 Å². The maximum absolute atomic E-state index is 12.0. The van der Waals surface area contributed by atoms with E-state index in [0.29, 0.717) is 19.6 Å². The predicted molar refractivity (Wildman–Crippen MR) is 94.8 cm³/mol. The fraction of sp³-hybridized carbons (Fsp3) is 0.300. The molecule has 26 heavy (non-hydrogen) atoms. The summed E-state index contributed by atoms with van der Waals surface area (Å²) in [5.41, 5.74) is 0.0688. The highest BCUT2D eigenvalue weighted by Crippen LogP contribution is 2.40. The van der Waals surface area contributed by atoms with Crippen molar-refractivity contribution >= 4 is 11.9 Å². The van der Waals surface area contributed by atoms with Crippen molar-refractivity contribution in [2.75, 3.05) is 19.6 Å². The molecular weight excluding hydrogens is 332 g/mol. The Balaban J connectivity index is 1.42. The van der Waals surface area contributed by atoms with Crippen LogP contribution in [0.3, 0.4) is 0 Å². The highest BCUT2D eigenvalue weighted by atomic mass is 16.5. The zero-order chi connectivity index (χ0) is 18.1. The van der Waals surface area contributed by atoms with Crippen LogP contribution in [0.2, 0.25) is 0 Å². The predicted octanol–water partition coefficient (Wildman–Crippen LogP) is 2.11. The molecule has 2 heterocycles. The Hall–Kier alpha value is -2.86. The molecule has 2 aromatic rings. The van der Waals surface area contributed by atoms with E-state index in [0.717, 1.165) is 17.1 Å². The lowest BCUT2D eigenvalue weighted by Gasteiger charge is -2.22. The number of nitrogens with zero attached hydrogens (tertiary/aromatic N) is 1. The molecule has 0 aromatic heterocycles. The minimum absolute atomic E-state index is 0.151. The number of carboxylic acids is 1. The zero-order valence-electron chi connectivity index (χ0n) is 14.2. The average molecular weight is 352 g/mol. The van der Waals surface area contributed by atoms with Gasteiger partial charge in [-0.25, -0.2) is 0 Å². The van der Waals surface area contributed by atoms with Gasteiger partial charge in [-0.15, -0.1) is 0 Å². The molecule has 2 aliphatic rings. The fourth-order valence-corrected chi connectivity index (χ4v) is 3.85. The number of amides is 1. The van der Waals surface area contributed by atoms with Gasteiger partial charge in [-0.05, 0) is 29.8 Å². The number of nitrogens with one attached hydrogen (secondary N) is 1. The summed E-state index contributed by atoms with van der Waals surface area (Å²) in [5, 5.41) is 12.3. The topological polar surface area (TPSA) is 78.9 Å². The molecular formula is C20H20N2O4. The Morgan fingerprint density at radius 2 is 1.85 bits per heavy atom.